The largest absolute Gasteiger partial charge is 0.378 e. The number of nitrogens with zero attached hydrogens (tertiary/aromatic N) is 3. The first-order valence-electron chi connectivity index (χ1n) is 11.6. The average molecular weight is 453 g/mol. The maximum absolute atomic E-state index is 13.3. The maximum Gasteiger partial charge on any atom is 0.256 e. The number of nitrogens with one attached hydrogen (secondary N) is 1. The summed E-state index contributed by atoms with van der Waals surface area (Å²) in [6, 6.07) is 24.1. The first-order valence-corrected chi connectivity index (χ1v) is 11.6. The van der Waals surface area contributed by atoms with E-state index in [-0.39, 0.29) is 5.91 Å². The van der Waals surface area contributed by atoms with Crippen LogP contribution in [0.25, 0.3) is 11.1 Å². The first kappa shape index (κ1) is 21.9. The SMILES string of the molecule is Cc1cc(N2CCOCC2)ccc1NC(=O)c1ccccc1-c1ccc(Cn2cccn2)cc1. The third-order valence-corrected chi connectivity index (χ3v) is 6.17. The van der Waals surface area contributed by atoms with Gasteiger partial charge in [0.1, 0.15) is 0 Å². The molecule has 1 aliphatic rings. The second kappa shape index (κ2) is 9.93. The van der Waals surface area contributed by atoms with Crippen molar-refractivity contribution in [2.24, 2.45) is 0 Å². The van der Waals surface area contributed by atoms with Crippen LogP contribution in [0.4, 0.5) is 11.4 Å². The number of aromatic nitrogens is 2. The van der Waals surface area contributed by atoms with E-state index in [0.717, 1.165) is 66.5 Å². The topological polar surface area (TPSA) is 59.4 Å². The van der Waals surface area contributed by atoms with Crippen molar-refractivity contribution < 1.29 is 9.53 Å². The molecule has 1 N–H and O–H groups in total. The van der Waals surface area contributed by atoms with Crippen molar-refractivity contribution in [3.63, 3.8) is 0 Å². The van der Waals surface area contributed by atoms with Crippen LogP contribution in [-0.2, 0) is 11.3 Å². The van der Waals surface area contributed by atoms with E-state index >= 15 is 0 Å². The van der Waals surface area contributed by atoms with Crippen LogP contribution in [0.1, 0.15) is 21.5 Å². The highest BCUT2D eigenvalue weighted by molar-refractivity contribution is 6.09. The molecule has 6 heteroatoms. The van der Waals surface area contributed by atoms with E-state index in [2.05, 4.69) is 51.7 Å². The quantitative estimate of drug-likeness (QED) is 0.448. The minimum Gasteiger partial charge on any atom is -0.378 e. The number of hydrogen-bond acceptors (Lipinski definition) is 4. The van der Waals surface area contributed by atoms with Gasteiger partial charge in [-0.25, -0.2) is 0 Å². The Labute approximate surface area is 199 Å². The lowest BCUT2D eigenvalue weighted by Crippen LogP contribution is -2.36. The fourth-order valence-electron chi connectivity index (χ4n) is 4.30. The van der Waals surface area contributed by atoms with Gasteiger partial charge in [-0.3, -0.25) is 9.48 Å². The van der Waals surface area contributed by atoms with Crippen LogP contribution in [0.15, 0.2) is 85.2 Å². The lowest BCUT2D eigenvalue weighted by molar-refractivity contribution is 0.102. The Balaban J connectivity index is 1.33. The third kappa shape index (κ3) is 4.87. The lowest BCUT2D eigenvalue weighted by atomic mass is 9.98. The zero-order valence-corrected chi connectivity index (χ0v) is 19.3. The van der Waals surface area contributed by atoms with E-state index < -0.39 is 0 Å². The number of amides is 1. The minimum absolute atomic E-state index is 0.113. The van der Waals surface area contributed by atoms with Crippen molar-refractivity contribution in [3.05, 3.63) is 102 Å². The Kier molecular flexibility index (Phi) is 6.40. The van der Waals surface area contributed by atoms with Crippen LogP contribution in [-0.4, -0.2) is 42.0 Å². The molecule has 0 spiro atoms. The number of carbonyl (C=O) groups is 1. The number of ether oxygens (including phenoxy) is 1. The van der Waals surface area contributed by atoms with Crippen molar-refractivity contribution >= 4 is 17.3 Å². The number of morpholine rings is 1. The standard InChI is InChI=1S/C28H28N4O2/c1-21-19-24(31-15-17-34-18-16-31)11-12-27(21)30-28(33)26-6-3-2-5-25(26)23-9-7-22(8-10-23)20-32-14-4-13-29-32/h2-14,19H,15-18,20H2,1H3,(H,30,33). The highest BCUT2D eigenvalue weighted by atomic mass is 16.5. The predicted octanol–water partition coefficient (Wildman–Crippen LogP) is 5.00. The molecular weight excluding hydrogens is 424 g/mol. The van der Waals surface area contributed by atoms with E-state index in [1.54, 1.807) is 6.20 Å². The molecule has 2 heterocycles. The van der Waals surface area contributed by atoms with Gasteiger partial charge in [0.25, 0.3) is 5.91 Å². The van der Waals surface area contributed by atoms with Gasteiger partial charge in [0.15, 0.2) is 0 Å². The molecule has 0 saturated carbocycles. The molecule has 5 rings (SSSR count). The molecule has 34 heavy (non-hydrogen) atoms. The molecule has 1 fully saturated rings. The van der Waals surface area contributed by atoms with Gasteiger partial charge in [-0.05, 0) is 59.5 Å². The smallest absolute Gasteiger partial charge is 0.256 e. The Morgan fingerprint density at radius 3 is 2.53 bits per heavy atom. The summed E-state index contributed by atoms with van der Waals surface area (Å²) in [4.78, 5) is 15.6. The summed E-state index contributed by atoms with van der Waals surface area (Å²) >= 11 is 0. The van der Waals surface area contributed by atoms with Gasteiger partial charge in [-0.15, -0.1) is 0 Å². The molecule has 0 radical (unpaired) electrons. The molecule has 1 aromatic heterocycles. The van der Waals surface area contributed by atoms with Crippen LogP contribution in [0, 0.1) is 6.92 Å². The van der Waals surface area contributed by atoms with Crippen molar-refractivity contribution in [2.75, 3.05) is 36.5 Å². The number of anilines is 2. The van der Waals surface area contributed by atoms with E-state index in [4.69, 9.17) is 4.74 Å². The molecule has 3 aromatic carbocycles. The molecule has 0 atom stereocenters. The number of rotatable bonds is 6. The minimum atomic E-state index is -0.113. The van der Waals surface area contributed by atoms with Crippen LogP contribution < -0.4 is 10.2 Å². The molecule has 0 bridgehead atoms. The number of aryl methyl sites for hydroxylation is 1. The summed E-state index contributed by atoms with van der Waals surface area (Å²) in [6.07, 6.45) is 3.73. The molecule has 172 valence electrons. The predicted molar refractivity (Wildman–Crippen MR) is 135 cm³/mol. The molecule has 0 aliphatic carbocycles. The normalized spacial score (nSPS) is 13.6. The summed E-state index contributed by atoms with van der Waals surface area (Å²) in [6.45, 7) is 6.02. The Morgan fingerprint density at radius 2 is 1.79 bits per heavy atom. The van der Waals surface area contributed by atoms with Gasteiger partial charge in [0.2, 0.25) is 0 Å². The fraction of sp³-hybridized carbons (Fsp3) is 0.214. The number of benzene rings is 3. The lowest BCUT2D eigenvalue weighted by Gasteiger charge is -2.29. The second-order valence-electron chi connectivity index (χ2n) is 8.50. The van der Waals surface area contributed by atoms with Gasteiger partial charge in [-0.1, -0.05) is 42.5 Å². The second-order valence-corrected chi connectivity index (χ2v) is 8.50. The van der Waals surface area contributed by atoms with Crippen molar-refractivity contribution in [1.82, 2.24) is 9.78 Å². The van der Waals surface area contributed by atoms with Crippen LogP contribution in [0.5, 0.6) is 0 Å². The first-order chi connectivity index (χ1) is 16.7. The van der Waals surface area contributed by atoms with Gasteiger partial charge in [0.05, 0.1) is 19.8 Å². The number of hydrogen-bond donors (Lipinski definition) is 1. The Morgan fingerprint density at radius 1 is 1.00 bits per heavy atom. The molecule has 0 unspecified atom stereocenters. The Bertz CT molecular complexity index is 1260. The zero-order chi connectivity index (χ0) is 23.3. The van der Waals surface area contributed by atoms with Crippen molar-refractivity contribution in [2.45, 2.75) is 13.5 Å². The highest BCUT2D eigenvalue weighted by Gasteiger charge is 2.16. The van der Waals surface area contributed by atoms with E-state index in [9.17, 15) is 4.79 Å². The summed E-state index contributed by atoms with van der Waals surface area (Å²) in [5.74, 6) is -0.113. The molecule has 1 amide bonds. The van der Waals surface area contributed by atoms with E-state index in [0.29, 0.717) is 5.56 Å². The molecule has 4 aromatic rings. The van der Waals surface area contributed by atoms with Crippen molar-refractivity contribution in [1.29, 1.82) is 0 Å². The van der Waals surface area contributed by atoms with E-state index in [1.165, 1.54) is 0 Å². The Hall–Kier alpha value is -3.90. The van der Waals surface area contributed by atoms with Crippen LogP contribution >= 0.6 is 0 Å². The molecular formula is C28H28N4O2. The average Bonchev–Trinajstić information content (AvgIpc) is 3.39. The zero-order valence-electron chi connectivity index (χ0n) is 19.3. The van der Waals surface area contributed by atoms with Gasteiger partial charge >= 0.3 is 0 Å². The van der Waals surface area contributed by atoms with Gasteiger partial charge in [0, 0.05) is 42.4 Å². The summed E-state index contributed by atoms with van der Waals surface area (Å²) in [7, 11) is 0. The van der Waals surface area contributed by atoms with Crippen LogP contribution in [0.2, 0.25) is 0 Å². The van der Waals surface area contributed by atoms with Crippen LogP contribution in [0.3, 0.4) is 0 Å². The van der Waals surface area contributed by atoms with Crippen molar-refractivity contribution in [3.8, 4) is 11.1 Å². The summed E-state index contributed by atoms with van der Waals surface area (Å²) < 4.78 is 7.34. The molecule has 1 aliphatic heterocycles. The fourth-order valence-corrected chi connectivity index (χ4v) is 4.30. The summed E-state index contributed by atoms with van der Waals surface area (Å²) in [5.41, 5.74) is 6.76. The third-order valence-electron chi connectivity index (χ3n) is 6.17. The molecule has 1 saturated heterocycles. The summed E-state index contributed by atoms with van der Waals surface area (Å²) in [5, 5.41) is 7.38. The highest BCUT2D eigenvalue weighted by Crippen LogP contribution is 2.27. The van der Waals surface area contributed by atoms with Gasteiger partial charge in [-0.2, -0.15) is 5.10 Å². The maximum atomic E-state index is 13.3. The van der Waals surface area contributed by atoms with E-state index in [1.807, 2.05) is 54.2 Å². The monoisotopic (exact) mass is 452 g/mol. The van der Waals surface area contributed by atoms with Gasteiger partial charge < -0.3 is 15.0 Å². The molecule has 6 nitrogen and oxygen atoms in total. The number of carbonyl (C=O) groups excluding carboxylic acids is 1.